The molecule has 1 aliphatic heterocycles. The van der Waals surface area contributed by atoms with Crippen LogP contribution in [0.5, 0.6) is 0 Å². The topological polar surface area (TPSA) is 78.3 Å². The molecule has 21 heavy (non-hydrogen) atoms. The highest BCUT2D eigenvalue weighted by atomic mass is 35.5. The number of aldehydes is 1. The van der Waals surface area contributed by atoms with Crippen molar-refractivity contribution in [2.24, 2.45) is 0 Å². The molecule has 4 nitrogen and oxygen atoms in total. The Bertz CT molecular complexity index is 769. The third-order valence-corrected chi connectivity index (χ3v) is 3.65. The fourth-order valence-electron chi connectivity index (χ4n) is 2.38. The largest absolute Gasteiger partial charge is 0.487 e. The Kier molecular flexibility index (Phi) is 3.31. The number of rotatable bonds is 2. The number of fused-ring (bicyclic) bond motifs is 1. The maximum atomic E-state index is 11.6. The molecule has 0 spiro atoms. The lowest BCUT2D eigenvalue weighted by Gasteiger charge is -2.10. The van der Waals surface area contributed by atoms with E-state index < -0.39 is 0 Å². The summed E-state index contributed by atoms with van der Waals surface area (Å²) >= 11 is 6.00. The van der Waals surface area contributed by atoms with Gasteiger partial charge in [0.25, 0.3) is 0 Å². The minimum Gasteiger partial charge on any atom is -0.487 e. The molecular formula is C16H13ClN2O2. The maximum absolute atomic E-state index is 11.6. The number of halogens is 1. The van der Waals surface area contributed by atoms with Crippen LogP contribution in [0.15, 0.2) is 36.4 Å². The van der Waals surface area contributed by atoms with Gasteiger partial charge in [0.1, 0.15) is 12.4 Å². The summed E-state index contributed by atoms with van der Waals surface area (Å²) in [7, 11) is 0. The lowest BCUT2D eigenvalue weighted by atomic mass is 9.99. The molecule has 1 aliphatic rings. The number of hydrogen-bond donors (Lipinski definition) is 2. The van der Waals surface area contributed by atoms with E-state index in [9.17, 15) is 4.79 Å². The zero-order valence-electron chi connectivity index (χ0n) is 11.1. The average Bonchev–Trinajstić information content (AvgIpc) is 2.87. The molecule has 2 aromatic rings. The Labute approximate surface area is 127 Å². The van der Waals surface area contributed by atoms with E-state index in [2.05, 4.69) is 0 Å². The number of carbonyl (C=O) groups excluding carboxylic acids is 1. The highest BCUT2D eigenvalue weighted by Gasteiger charge is 2.23. The van der Waals surface area contributed by atoms with Gasteiger partial charge in [0.2, 0.25) is 0 Å². The zero-order valence-corrected chi connectivity index (χ0v) is 11.9. The normalized spacial score (nSPS) is 15.3. The third-order valence-electron chi connectivity index (χ3n) is 3.42. The molecule has 0 fully saturated rings. The fraction of sp³-hybridized carbons (Fsp3) is 0.0625. The Hall–Kier alpha value is -2.46. The Morgan fingerprint density at radius 1 is 1.19 bits per heavy atom. The summed E-state index contributed by atoms with van der Waals surface area (Å²) in [5.74, 6) is 0.487. The van der Waals surface area contributed by atoms with Crippen LogP contribution < -0.4 is 11.5 Å². The molecule has 0 aromatic heterocycles. The summed E-state index contributed by atoms with van der Waals surface area (Å²) in [6.07, 6.45) is 0.732. The molecule has 0 amide bonds. The second kappa shape index (κ2) is 5.14. The number of anilines is 2. The van der Waals surface area contributed by atoms with E-state index >= 15 is 0 Å². The first-order chi connectivity index (χ1) is 10.1. The summed E-state index contributed by atoms with van der Waals surface area (Å²) in [5, 5.41) is 0.505. The fourth-order valence-corrected chi connectivity index (χ4v) is 2.55. The van der Waals surface area contributed by atoms with Crippen molar-refractivity contribution < 1.29 is 9.53 Å². The summed E-state index contributed by atoms with van der Waals surface area (Å²) in [6.45, 7) is 0.406. The van der Waals surface area contributed by atoms with Gasteiger partial charge in [-0.2, -0.15) is 0 Å². The van der Waals surface area contributed by atoms with Gasteiger partial charge in [0, 0.05) is 33.1 Å². The molecule has 2 aromatic carbocycles. The molecule has 3 rings (SSSR count). The molecule has 0 saturated carbocycles. The number of nitrogen functional groups attached to an aromatic ring is 2. The van der Waals surface area contributed by atoms with Gasteiger partial charge in [0.05, 0.1) is 5.57 Å². The van der Waals surface area contributed by atoms with Crippen LogP contribution in [0.4, 0.5) is 11.4 Å². The number of ether oxygens (including phenoxy) is 1. The first kappa shape index (κ1) is 13.5. The van der Waals surface area contributed by atoms with Crippen molar-refractivity contribution in [2.75, 3.05) is 11.5 Å². The van der Waals surface area contributed by atoms with Crippen LogP contribution in [0, 0.1) is 0 Å². The molecule has 5 heteroatoms. The van der Waals surface area contributed by atoms with Crippen molar-refractivity contribution in [3.8, 4) is 0 Å². The quantitative estimate of drug-likeness (QED) is 0.507. The van der Waals surface area contributed by atoms with Gasteiger partial charge in [-0.05, 0) is 30.3 Å². The standard InChI is InChI=1S/C16H13ClN2O2/c17-10-2-4-15(19)13(5-10)14(7-20)16-12-6-11(18)3-1-9(12)8-21-16/h1-7H,8,18-19H2/b16-14-. The SMILES string of the molecule is Nc1ccc2c(c1)/C(=C(\C=O)c1cc(Cl)ccc1N)OC2. The maximum Gasteiger partial charge on any atom is 0.154 e. The van der Waals surface area contributed by atoms with Crippen LogP contribution in [0.25, 0.3) is 11.3 Å². The van der Waals surface area contributed by atoms with Crippen molar-refractivity contribution in [3.63, 3.8) is 0 Å². The predicted molar refractivity (Wildman–Crippen MR) is 84.4 cm³/mol. The average molecular weight is 301 g/mol. The summed E-state index contributed by atoms with van der Waals surface area (Å²) in [5.41, 5.74) is 15.6. The first-order valence-electron chi connectivity index (χ1n) is 6.36. The number of benzene rings is 2. The van der Waals surface area contributed by atoms with Crippen LogP contribution in [0.2, 0.25) is 5.02 Å². The van der Waals surface area contributed by atoms with Crippen molar-refractivity contribution >= 4 is 40.6 Å². The van der Waals surface area contributed by atoms with E-state index in [1.54, 1.807) is 30.3 Å². The monoisotopic (exact) mass is 300 g/mol. The molecule has 0 saturated heterocycles. The number of allylic oxidation sites excluding steroid dienone is 1. The summed E-state index contributed by atoms with van der Waals surface area (Å²) < 4.78 is 5.67. The van der Waals surface area contributed by atoms with E-state index in [1.165, 1.54) is 0 Å². The Morgan fingerprint density at radius 2 is 2.00 bits per heavy atom. The number of hydrogen-bond acceptors (Lipinski definition) is 4. The van der Waals surface area contributed by atoms with Crippen LogP contribution in [0.1, 0.15) is 16.7 Å². The van der Waals surface area contributed by atoms with Crippen LogP contribution in [0.3, 0.4) is 0 Å². The molecule has 0 aliphatic carbocycles. The van der Waals surface area contributed by atoms with Crippen molar-refractivity contribution in [1.29, 1.82) is 0 Å². The predicted octanol–water partition coefficient (Wildman–Crippen LogP) is 3.10. The Morgan fingerprint density at radius 3 is 2.76 bits per heavy atom. The minimum atomic E-state index is 0.374. The van der Waals surface area contributed by atoms with Gasteiger partial charge in [0.15, 0.2) is 6.29 Å². The highest BCUT2D eigenvalue weighted by molar-refractivity contribution is 6.31. The van der Waals surface area contributed by atoms with E-state index in [1.807, 2.05) is 6.07 Å². The van der Waals surface area contributed by atoms with Gasteiger partial charge in [-0.25, -0.2) is 0 Å². The third kappa shape index (κ3) is 2.34. The van der Waals surface area contributed by atoms with Crippen LogP contribution in [-0.2, 0) is 16.1 Å². The molecule has 0 bridgehead atoms. The second-order valence-corrected chi connectivity index (χ2v) is 5.23. The van der Waals surface area contributed by atoms with Gasteiger partial charge in [-0.1, -0.05) is 17.7 Å². The van der Waals surface area contributed by atoms with Gasteiger partial charge in [-0.3, -0.25) is 4.79 Å². The molecule has 0 unspecified atom stereocenters. The molecule has 4 N–H and O–H groups in total. The van der Waals surface area contributed by atoms with Crippen LogP contribution >= 0.6 is 11.6 Å². The molecular weight excluding hydrogens is 288 g/mol. The highest BCUT2D eigenvalue weighted by Crippen LogP contribution is 2.37. The molecule has 1 heterocycles. The summed E-state index contributed by atoms with van der Waals surface area (Å²) in [6, 6.07) is 10.5. The summed E-state index contributed by atoms with van der Waals surface area (Å²) in [4.78, 5) is 11.6. The van der Waals surface area contributed by atoms with E-state index in [-0.39, 0.29) is 0 Å². The smallest absolute Gasteiger partial charge is 0.154 e. The second-order valence-electron chi connectivity index (χ2n) is 4.80. The van der Waals surface area contributed by atoms with E-state index in [0.29, 0.717) is 39.9 Å². The Balaban J connectivity index is 2.24. The van der Waals surface area contributed by atoms with Gasteiger partial charge >= 0.3 is 0 Å². The zero-order chi connectivity index (χ0) is 15.0. The number of carbonyl (C=O) groups is 1. The lowest BCUT2D eigenvalue weighted by molar-refractivity contribution is -0.103. The number of nitrogens with two attached hydrogens (primary N) is 2. The van der Waals surface area contributed by atoms with Crippen molar-refractivity contribution in [2.45, 2.75) is 6.61 Å². The first-order valence-corrected chi connectivity index (χ1v) is 6.74. The lowest BCUT2D eigenvalue weighted by Crippen LogP contribution is -1.98. The molecule has 0 radical (unpaired) electrons. The van der Waals surface area contributed by atoms with Gasteiger partial charge in [-0.15, -0.1) is 0 Å². The van der Waals surface area contributed by atoms with Gasteiger partial charge < -0.3 is 16.2 Å². The molecule has 106 valence electrons. The minimum absolute atomic E-state index is 0.374. The van der Waals surface area contributed by atoms with Crippen molar-refractivity contribution in [1.82, 2.24) is 0 Å². The van der Waals surface area contributed by atoms with E-state index in [0.717, 1.165) is 17.4 Å². The van der Waals surface area contributed by atoms with E-state index in [4.69, 9.17) is 27.8 Å². The van der Waals surface area contributed by atoms with Crippen molar-refractivity contribution in [3.05, 3.63) is 58.1 Å². The molecule has 0 atom stereocenters. The van der Waals surface area contributed by atoms with Crippen LogP contribution in [-0.4, -0.2) is 6.29 Å².